The quantitative estimate of drug-likeness (QED) is 0.629. The van der Waals surface area contributed by atoms with Crippen LogP contribution in [0.15, 0.2) is 36.9 Å². The van der Waals surface area contributed by atoms with E-state index in [-0.39, 0.29) is 18.2 Å². The highest BCUT2D eigenvalue weighted by Crippen LogP contribution is 2.20. The fraction of sp³-hybridized carbons (Fsp3) is 0.412. The monoisotopic (exact) mass is 317 g/mol. The van der Waals surface area contributed by atoms with Crippen molar-refractivity contribution in [2.45, 2.75) is 6.42 Å². The van der Waals surface area contributed by atoms with Gasteiger partial charge in [-0.2, -0.15) is 0 Å². The number of hydrogen-bond acceptors (Lipinski definition) is 4. The average molecular weight is 317 g/mol. The Kier molecular flexibility index (Phi) is 6.02. The standard InChI is InChI=1S/C17H23N3O3/c1-3-8-18-16(21)13-17(22)20-11-9-19(10-12-20)14-4-6-15(23-2)7-5-14/h3-7H,1,8-13H2,2H3,(H,18,21). The SMILES string of the molecule is C=CCNC(=O)CC(=O)N1CCN(c2ccc(OC)cc2)CC1. The lowest BCUT2D eigenvalue weighted by Gasteiger charge is -2.36. The van der Waals surface area contributed by atoms with Crippen molar-refractivity contribution in [3.05, 3.63) is 36.9 Å². The normalized spacial score (nSPS) is 14.3. The zero-order chi connectivity index (χ0) is 16.7. The molecule has 1 fully saturated rings. The van der Waals surface area contributed by atoms with Crippen molar-refractivity contribution in [3.63, 3.8) is 0 Å². The van der Waals surface area contributed by atoms with Crippen LogP contribution in [0.3, 0.4) is 0 Å². The van der Waals surface area contributed by atoms with Gasteiger partial charge in [-0.25, -0.2) is 0 Å². The highest BCUT2D eigenvalue weighted by atomic mass is 16.5. The first-order chi connectivity index (χ1) is 11.1. The molecule has 0 aliphatic carbocycles. The van der Waals surface area contributed by atoms with Gasteiger partial charge < -0.3 is 19.9 Å². The summed E-state index contributed by atoms with van der Waals surface area (Å²) in [5, 5.41) is 2.62. The van der Waals surface area contributed by atoms with Crippen molar-refractivity contribution in [3.8, 4) is 5.75 Å². The van der Waals surface area contributed by atoms with E-state index in [0.717, 1.165) is 24.5 Å². The molecule has 0 atom stereocenters. The Morgan fingerprint density at radius 1 is 1.22 bits per heavy atom. The Morgan fingerprint density at radius 3 is 2.43 bits per heavy atom. The summed E-state index contributed by atoms with van der Waals surface area (Å²) in [4.78, 5) is 27.6. The zero-order valence-corrected chi connectivity index (χ0v) is 13.5. The lowest BCUT2D eigenvalue weighted by atomic mass is 10.2. The van der Waals surface area contributed by atoms with Crippen LogP contribution >= 0.6 is 0 Å². The minimum atomic E-state index is -0.257. The van der Waals surface area contributed by atoms with Gasteiger partial charge in [0, 0.05) is 38.4 Å². The van der Waals surface area contributed by atoms with Gasteiger partial charge in [0.2, 0.25) is 11.8 Å². The third-order valence-corrected chi connectivity index (χ3v) is 3.83. The van der Waals surface area contributed by atoms with Crippen molar-refractivity contribution in [1.29, 1.82) is 0 Å². The van der Waals surface area contributed by atoms with E-state index >= 15 is 0 Å². The minimum absolute atomic E-state index is 0.101. The number of piperazine rings is 1. The van der Waals surface area contributed by atoms with Crippen LogP contribution in [-0.2, 0) is 9.59 Å². The fourth-order valence-corrected chi connectivity index (χ4v) is 2.50. The predicted octanol–water partition coefficient (Wildman–Crippen LogP) is 1.04. The first-order valence-corrected chi connectivity index (χ1v) is 7.68. The van der Waals surface area contributed by atoms with Gasteiger partial charge in [-0.15, -0.1) is 6.58 Å². The summed E-state index contributed by atoms with van der Waals surface area (Å²) >= 11 is 0. The van der Waals surface area contributed by atoms with Crippen LogP contribution in [0, 0.1) is 0 Å². The maximum absolute atomic E-state index is 12.1. The predicted molar refractivity (Wildman–Crippen MR) is 89.6 cm³/mol. The second kappa shape index (κ2) is 8.22. The lowest BCUT2D eigenvalue weighted by molar-refractivity contribution is -0.136. The topological polar surface area (TPSA) is 61.9 Å². The summed E-state index contributed by atoms with van der Waals surface area (Å²) in [5.74, 6) is 0.446. The Bertz CT molecular complexity index is 549. The summed E-state index contributed by atoms with van der Waals surface area (Å²) in [6.07, 6.45) is 1.49. The number of nitrogens with one attached hydrogen (secondary N) is 1. The first kappa shape index (κ1) is 16.9. The largest absolute Gasteiger partial charge is 0.497 e. The Hall–Kier alpha value is -2.50. The Balaban J connectivity index is 1.81. The molecule has 0 saturated carbocycles. The minimum Gasteiger partial charge on any atom is -0.497 e. The van der Waals surface area contributed by atoms with Crippen LogP contribution in [0.5, 0.6) is 5.75 Å². The summed E-state index contributed by atoms with van der Waals surface area (Å²) in [5.41, 5.74) is 1.11. The van der Waals surface area contributed by atoms with Gasteiger partial charge in [-0.1, -0.05) is 6.08 Å². The lowest BCUT2D eigenvalue weighted by Crippen LogP contribution is -2.49. The molecule has 0 bridgehead atoms. The Morgan fingerprint density at radius 2 is 1.87 bits per heavy atom. The fourth-order valence-electron chi connectivity index (χ4n) is 2.50. The van der Waals surface area contributed by atoms with E-state index in [4.69, 9.17) is 4.74 Å². The molecule has 1 aliphatic rings. The zero-order valence-electron chi connectivity index (χ0n) is 13.5. The van der Waals surface area contributed by atoms with Crippen LogP contribution in [0.4, 0.5) is 5.69 Å². The Labute approximate surface area is 136 Å². The molecule has 1 N–H and O–H groups in total. The van der Waals surface area contributed by atoms with Crippen LogP contribution < -0.4 is 15.0 Å². The van der Waals surface area contributed by atoms with Crippen molar-refractivity contribution in [2.24, 2.45) is 0 Å². The smallest absolute Gasteiger partial charge is 0.232 e. The molecule has 0 spiro atoms. The van der Waals surface area contributed by atoms with Crippen LogP contribution in [0.1, 0.15) is 6.42 Å². The molecule has 124 valence electrons. The van der Waals surface area contributed by atoms with Crippen molar-refractivity contribution in [2.75, 3.05) is 44.7 Å². The number of carbonyl (C=O) groups excluding carboxylic acids is 2. The molecular weight excluding hydrogens is 294 g/mol. The second-order valence-electron chi connectivity index (χ2n) is 5.34. The maximum atomic E-state index is 12.1. The number of benzene rings is 1. The average Bonchev–Trinajstić information content (AvgIpc) is 2.60. The molecular formula is C17H23N3O3. The number of nitrogens with zero attached hydrogens (tertiary/aromatic N) is 2. The van der Waals surface area contributed by atoms with Gasteiger partial charge in [-0.3, -0.25) is 9.59 Å². The summed E-state index contributed by atoms with van der Waals surface area (Å²) in [7, 11) is 1.64. The van der Waals surface area contributed by atoms with E-state index in [1.165, 1.54) is 0 Å². The van der Waals surface area contributed by atoms with E-state index < -0.39 is 0 Å². The van der Waals surface area contributed by atoms with Gasteiger partial charge in [0.05, 0.1) is 7.11 Å². The molecule has 2 amide bonds. The van der Waals surface area contributed by atoms with Crippen molar-refractivity contribution < 1.29 is 14.3 Å². The van der Waals surface area contributed by atoms with E-state index in [0.29, 0.717) is 19.6 Å². The van der Waals surface area contributed by atoms with Gasteiger partial charge in [0.15, 0.2) is 0 Å². The summed E-state index contributed by atoms with van der Waals surface area (Å²) in [6, 6.07) is 7.88. The first-order valence-electron chi connectivity index (χ1n) is 7.68. The van der Waals surface area contributed by atoms with E-state index in [9.17, 15) is 9.59 Å². The van der Waals surface area contributed by atoms with Crippen molar-refractivity contribution in [1.82, 2.24) is 10.2 Å². The number of anilines is 1. The molecule has 1 aromatic carbocycles. The van der Waals surface area contributed by atoms with Gasteiger partial charge in [0.25, 0.3) is 0 Å². The number of amides is 2. The maximum Gasteiger partial charge on any atom is 0.232 e. The highest BCUT2D eigenvalue weighted by Gasteiger charge is 2.22. The van der Waals surface area contributed by atoms with Crippen LogP contribution in [0.2, 0.25) is 0 Å². The molecule has 1 heterocycles. The number of hydrogen-bond donors (Lipinski definition) is 1. The second-order valence-corrected chi connectivity index (χ2v) is 5.34. The molecule has 6 heteroatoms. The number of ether oxygens (including phenoxy) is 1. The molecule has 23 heavy (non-hydrogen) atoms. The van der Waals surface area contributed by atoms with E-state index in [2.05, 4.69) is 16.8 Å². The molecule has 6 nitrogen and oxygen atoms in total. The number of methoxy groups -OCH3 is 1. The number of rotatable bonds is 6. The van der Waals surface area contributed by atoms with Crippen molar-refractivity contribution >= 4 is 17.5 Å². The highest BCUT2D eigenvalue weighted by molar-refractivity contribution is 5.97. The summed E-state index contributed by atoms with van der Waals surface area (Å²) in [6.45, 7) is 6.67. The molecule has 2 rings (SSSR count). The molecule has 0 aromatic heterocycles. The van der Waals surface area contributed by atoms with E-state index in [1.54, 1.807) is 18.1 Å². The molecule has 1 aliphatic heterocycles. The van der Waals surface area contributed by atoms with Crippen LogP contribution in [-0.4, -0.2) is 56.5 Å². The molecule has 0 radical (unpaired) electrons. The van der Waals surface area contributed by atoms with Crippen LogP contribution in [0.25, 0.3) is 0 Å². The third-order valence-electron chi connectivity index (χ3n) is 3.83. The van der Waals surface area contributed by atoms with E-state index in [1.807, 2.05) is 24.3 Å². The molecule has 1 saturated heterocycles. The number of carbonyl (C=O) groups is 2. The van der Waals surface area contributed by atoms with Gasteiger partial charge >= 0.3 is 0 Å². The summed E-state index contributed by atoms with van der Waals surface area (Å²) < 4.78 is 5.15. The third kappa shape index (κ3) is 4.74. The van der Waals surface area contributed by atoms with Gasteiger partial charge in [0.1, 0.15) is 12.2 Å². The van der Waals surface area contributed by atoms with Gasteiger partial charge in [-0.05, 0) is 24.3 Å². The molecule has 1 aromatic rings. The molecule has 0 unspecified atom stereocenters.